The van der Waals surface area contributed by atoms with Gasteiger partial charge in [-0.25, -0.2) is 0 Å². The molecule has 0 atom stereocenters. The highest BCUT2D eigenvalue weighted by Gasteiger charge is 2.24. The largest absolute Gasteiger partial charge is 0.454 e. The molecule has 2 rings (SSSR count). The Labute approximate surface area is 112 Å². The topological polar surface area (TPSA) is 67.8 Å². The van der Waals surface area contributed by atoms with E-state index in [0.29, 0.717) is 6.54 Å². The van der Waals surface area contributed by atoms with Crippen molar-refractivity contribution in [2.75, 3.05) is 19.9 Å². The first-order valence-electron chi connectivity index (χ1n) is 6.30. The Hall–Kier alpha value is -1.75. The van der Waals surface area contributed by atoms with E-state index in [0.717, 1.165) is 17.1 Å². The lowest BCUT2D eigenvalue weighted by Gasteiger charge is -2.25. The van der Waals surface area contributed by atoms with E-state index in [1.165, 1.54) is 0 Å². The highest BCUT2D eigenvalue weighted by atomic mass is 16.7. The van der Waals surface area contributed by atoms with Crippen LogP contribution in [0.15, 0.2) is 18.2 Å². The monoisotopic (exact) mass is 265 g/mol. The Kier molecular flexibility index (Phi) is 3.95. The molecule has 19 heavy (non-hydrogen) atoms. The van der Waals surface area contributed by atoms with E-state index in [1.54, 1.807) is 0 Å². The predicted octanol–water partition coefficient (Wildman–Crippen LogP) is 1.19. The minimum atomic E-state index is -0.216. The van der Waals surface area contributed by atoms with Crippen LogP contribution in [0.1, 0.15) is 25.8 Å². The summed E-state index contributed by atoms with van der Waals surface area (Å²) in [7, 11) is 0. The summed E-state index contributed by atoms with van der Waals surface area (Å²) in [6.45, 7) is 4.72. The van der Waals surface area contributed by atoms with Crippen LogP contribution in [-0.2, 0) is 10.2 Å². The van der Waals surface area contributed by atoms with Crippen molar-refractivity contribution in [3.63, 3.8) is 0 Å². The lowest BCUT2D eigenvalue weighted by molar-refractivity contribution is -0.121. The number of carbonyl (C=O) groups is 1. The molecule has 2 N–H and O–H groups in total. The molecule has 5 nitrogen and oxygen atoms in total. The van der Waals surface area contributed by atoms with Crippen molar-refractivity contribution in [2.24, 2.45) is 0 Å². The summed E-state index contributed by atoms with van der Waals surface area (Å²) in [5.41, 5.74) is 0.854. The molecule has 1 aliphatic heterocycles. The molecule has 0 saturated heterocycles. The van der Waals surface area contributed by atoms with Crippen molar-refractivity contribution in [3.05, 3.63) is 23.8 Å². The summed E-state index contributed by atoms with van der Waals surface area (Å²) in [6.07, 6.45) is 0.136. The van der Waals surface area contributed by atoms with Gasteiger partial charge < -0.3 is 19.9 Å². The molecule has 5 heteroatoms. The van der Waals surface area contributed by atoms with Gasteiger partial charge in [0.2, 0.25) is 12.7 Å². The number of aliphatic hydroxyl groups excluding tert-OH is 1. The fourth-order valence-corrected chi connectivity index (χ4v) is 1.93. The van der Waals surface area contributed by atoms with Crippen LogP contribution in [-0.4, -0.2) is 31.0 Å². The molecule has 0 aliphatic carbocycles. The molecule has 0 saturated carbocycles. The summed E-state index contributed by atoms with van der Waals surface area (Å²) in [5.74, 6) is 1.35. The number of nitrogens with one attached hydrogen (secondary N) is 1. The SMILES string of the molecule is CC(C)(CNC(=O)CCO)c1ccc2c(c1)OCO2. The Bertz CT molecular complexity index is 471. The number of carbonyl (C=O) groups excluding carboxylic acids is 1. The number of fused-ring (bicyclic) bond motifs is 1. The lowest BCUT2D eigenvalue weighted by Crippen LogP contribution is -2.36. The number of benzene rings is 1. The molecule has 1 heterocycles. The van der Waals surface area contributed by atoms with E-state index < -0.39 is 0 Å². The zero-order valence-electron chi connectivity index (χ0n) is 11.2. The average molecular weight is 265 g/mol. The second-order valence-corrected chi connectivity index (χ2v) is 5.20. The van der Waals surface area contributed by atoms with E-state index in [9.17, 15) is 4.79 Å². The van der Waals surface area contributed by atoms with Crippen molar-refractivity contribution in [2.45, 2.75) is 25.7 Å². The third kappa shape index (κ3) is 3.17. The van der Waals surface area contributed by atoms with Gasteiger partial charge in [0, 0.05) is 18.4 Å². The molecule has 0 fully saturated rings. The fraction of sp³-hybridized carbons (Fsp3) is 0.500. The van der Waals surface area contributed by atoms with Gasteiger partial charge in [-0.15, -0.1) is 0 Å². The molecule has 0 radical (unpaired) electrons. The predicted molar refractivity (Wildman–Crippen MR) is 70.3 cm³/mol. The summed E-state index contributed by atoms with van der Waals surface area (Å²) >= 11 is 0. The molecule has 0 unspecified atom stereocenters. The van der Waals surface area contributed by atoms with Crippen LogP contribution >= 0.6 is 0 Å². The van der Waals surface area contributed by atoms with E-state index in [-0.39, 0.29) is 31.1 Å². The van der Waals surface area contributed by atoms with Crippen LogP contribution < -0.4 is 14.8 Å². The molecule has 1 amide bonds. The van der Waals surface area contributed by atoms with Gasteiger partial charge in [0.05, 0.1) is 6.61 Å². The van der Waals surface area contributed by atoms with Crippen LogP contribution in [0.3, 0.4) is 0 Å². The van der Waals surface area contributed by atoms with Crippen molar-refractivity contribution < 1.29 is 19.4 Å². The van der Waals surface area contributed by atoms with Gasteiger partial charge in [-0.2, -0.15) is 0 Å². The molecule has 104 valence electrons. The number of hydrogen-bond donors (Lipinski definition) is 2. The third-order valence-electron chi connectivity index (χ3n) is 3.22. The molecule has 0 aromatic heterocycles. The Morgan fingerprint density at radius 3 is 2.84 bits per heavy atom. The number of aliphatic hydroxyl groups is 1. The first kappa shape index (κ1) is 13.7. The van der Waals surface area contributed by atoms with E-state index in [1.807, 2.05) is 32.0 Å². The van der Waals surface area contributed by atoms with Gasteiger partial charge in [-0.05, 0) is 17.7 Å². The van der Waals surface area contributed by atoms with Crippen LogP contribution in [0.5, 0.6) is 11.5 Å². The summed E-state index contributed by atoms with van der Waals surface area (Å²) in [6, 6.07) is 5.81. The molecular formula is C14H19NO4. The lowest BCUT2D eigenvalue weighted by atomic mass is 9.84. The van der Waals surface area contributed by atoms with E-state index in [4.69, 9.17) is 14.6 Å². The maximum absolute atomic E-state index is 11.4. The standard InChI is InChI=1S/C14H19NO4/c1-14(2,8-15-13(17)5-6-16)10-3-4-11-12(7-10)19-9-18-11/h3-4,7,16H,5-6,8-9H2,1-2H3,(H,15,17). The second-order valence-electron chi connectivity index (χ2n) is 5.20. The Morgan fingerprint density at radius 1 is 1.37 bits per heavy atom. The zero-order valence-corrected chi connectivity index (χ0v) is 11.2. The maximum atomic E-state index is 11.4. The van der Waals surface area contributed by atoms with Crippen LogP contribution in [0.25, 0.3) is 0 Å². The second kappa shape index (κ2) is 5.48. The van der Waals surface area contributed by atoms with Crippen molar-refractivity contribution in [3.8, 4) is 11.5 Å². The maximum Gasteiger partial charge on any atom is 0.231 e. The molecule has 1 aromatic carbocycles. The first-order valence-corrected chi connectivity index (χ1v) is 6.30. The fourth-order valence-electron chi connectivity index (χ4n) is 1.93. The van der Waals surface area contributed by atoms with Crippen LogP contribution in [0.4, 0.5) is 0 Å². The first-order chi connectivity index (χ1) is 9.03. The average Bonchev–Trinajstić information content (AvgIpc) is 2.84. The van der Waals surface area contributed by atoms with Gasteiger partial charge in [-0.1, -0.05) is 19.9 Å². The van der Waals surface area contributed by atoms with Gasteiger partial charge in [0.25, 0.3) is 0 Å². The van der Waals surface area contributed by atoms with Crippen LogP contribution in [0.2, 0.25) is 0 Å². The van der Waals surface area contributed by atoms with Crippen molar-refractivity contribution in [1.29, 1.82) is 0 Å². The van der Waals surface area contributed by atoms with Gasteiger partial charge in [0.15, 0.2) is 11.5 Å². The Balaban J connectivity index is 2.04. The van der Waals surface area contributed by atoms with Gasteiger partial charge in [-0.3, -0.25) is 4.79 Å². The minimum absolute atomic E-state index is 0.129. The molecule has 1 aliphatic rings. The molecule has 0 spiro atoms. The van der Waals surface area contributed by atoms with E-state index >= 15 is 0 Å². The van der Waals surface area contributed by atoms with Gasteiger partial charge in [0.1, 0.15) is 0 Å². The summed E-state index contributed by atoms with van der Waals surface area (Å²) < 4.78 is 10.6. The summed E-state index contributed by atoms with van der Waals surface area (Å²) in [4.78, 5) is 11.4. The number of rotatable bonds is 5. The summed E-state index contributed by atoms with van der Waals surface area (Å²) in [5, 5.41) is 11.5. The highest BCUT2D eigenvalue weighted by Crippen LogP contribution is 2.36. The Morgan fingerprint density at radius 2 is 2.11 bits per heavy atom. The van der Waals surface area contributed by atoms with Crippen molar-refractivity contribution in [1.82, 2.24) is 5.32 Å². The normalized spacial score (nSPS) is 13.4. The molecule has 0 bridgehead atoms. The number of ether oxygens (including phenoxy) is 2. The minimum Gasteiger partial charge on any atom is -0.454 e. The van der Waals surface area contributed by atoms with Crippen LogP contribution in [0, 0.1) is 0 Å². The highest BCUT2D eigenvalue weighted by molar-refractivity contribution is 5.76. The van der Waals surface area contributed by atoms with Gasteiger partial charge >= 0.3 is 0 Å². The quantitative estimate of drug-likeness (QED) is 0.839. The third-order valence-corrected chi connectivity index (χ3v) is 3.22. The smallest absolute Gasteiger partial charge is 0.231 e. The number of hydrogen-bond acceptors (Lipinski definition) is 4. The number of amides is 1. The molecule has 1 aromatic rings. The van der Waals surface area contributed by atoms with E-state index in [2.05, 4.69) is 5.32 Å². The molecular weight excluding hydrogens is 246 g/mol. The van der Waals surface area contributed by atoms with Crippen molar-refractivity contribution >= 4 is 5.91 Å². The zero-order chi connectivity index (χ0) is 13.9.